The Bertz CT molecular complexity index is 1270. The van der Waals surface area contributed by atoms with Crippen LogP contribution in [0.1, 0.15) is 0 Å². The SMILES string of the molecule is COc1ccc(OC)c(S(=O)(=O)Nc2ccc3nnc(-c4ccccc4)n3n2)c1. The van der Waals surface area contributed by atoms with E-state index in [9.17, 15) is 8.42 Å². The van der Waals surface area contributed by atoms with Crippen LogP contribution in [0.15, 0.2) is 65.6 Å². The number of aromatic nitrogens is 4. The summed E-state index contributed by atoms with van der Waals surface area (Å²) in [5, 5.41) is 12.6. The smallest absolute Gasteiger partial charge is 0.266 e. The van der Waals surface area contributed by atoms with Gasteiger partial charge in [0.25, 0.3) is 10.0 Å². The number of methoxy groups -OCH3 is 2. The molecule has 29 heavy (non-hydrogen) atoms. The number of hydrogen-bond donors (Lipinski definition) is 1. The molecule has 0 bridgehead atoms. The van der Waals surface area contributed by atoms with Crippen molar-refractivity contribution in [1.29, 1.82) is 0 Å². The Labute approximate surface area is 167 Å². The molecule has 2 aromatic carbocycles. The molecule has 0 aliphatic rings. The number of benzene rings is 2. The molecule has 0 saturated carbocycles. The maximum absolute atomic E-state index is 13.0. The molecule has 0 aliphatic heterocycles. The van der Waals surface area contributed by atoms with E-state index < -0.39 is 10.0 Å². The van der Waals surface area contributed by atoms with Gasteiger partial charge >= 0.3 is 0 Å². The first kappa shape index (κ1) is 18.7. The zero-order valence-corrected chi connectivity index (χ0v) is 16.4. The second-order valence-electron chi connectivity index (χ2n) is 6.00. The molecule has 0 spiro atoms. The molecule has 4 rings (SSSR count). The van der Waals surface area contributed by atoms with Crippen LogP contribution in [0.3, 0.4) is 0 Å². The van der Waals surface area contributed by atoms with Crippen LogP contribution in [-0.2, 0) is 10.0 Å². The Hall–Kier alpha value is -3.66. The number of hydrogen-bond acceptors (Lipinski definition) is 7. The topological polar surface area (TPSA) is 108 Å². The quantitative estimate of drug-likeness (QED) is 0.520. The van der Waals surface area contributed by atoms with Crippen LogP contribution in [0.2, 0.25) is 0 Å². The lowest BCUT2D eigenvalue weighted by molar-refractivity contribution is 0.392. The number of anilines is 1. The summed E-state index contributed by atoms with van der Waals surface area (Å²) in [4.78, 5) is -0.0618. The lowest BCUT2D eigenvalue weighted by atomic mass is 10.2. The van der Waals surface area contributed by atoms with E-state index in [1.54, 1.807) is 12.1 Å². The van der Waals surface area contributed by atoms with Gasteiger partial charge in [0, 0.05) is 11.6 Å². The van der Waals surface area contributed by atoms with Gasteiger partial charge in [0.15, 0.2) is 17.3 Å². The van der Waals surface area contributed by atoms with Gasteiger partial charge in [-0.2, -0.15) is 4.52 Å². The van der Waals surface area contributed by atoms with E-state index in [1.165, 1.54) is 36.9 Å². The summed E-state index contributed by atoms with van der Waals surface area (Å²) in [6.45, 7) is 0. The first-order chi connectivity index (χ1) is 14.0. The molecule has 1 N–H and O–H groups in total. The van der Waals surface area contributed by atoms with Gasteiger partial charge in [0.05, 0.1) is 14.2 Å². The fourth-order valence-electron chi connectivity index (χ4n) is 2.80. The molecule has 0 unspecified atom stereocenters. The molecule has 9 nitrogen and oxygen atoms in total. The molecule has 0 aliphatic carbocycles. The third kappa shape index (κ3) is 3.57. The summed E-state index contributed by atoms with van der Waals surface area (Å²) in [7, 11) is -1.14. The maximum atomic E-state index is 13.0. The first-order valence-corrected chi connectivity index (χ1v) is 10.0. The van der Waals surface area contributed by atoms with Gasteiger partial charge in [-0.05, 0) is 24.3 Å². The Kier molecular flexibility index (Phi) is 4.77. The van der Waals surface area contributed by atoms with Crippen LogP contribution < -0.4 is 14.2 Å². The standard InChI is InChI=1S/C19H17N5O4S/c1-27-14-8-9-15(28-2)16(12-14)29(25,26)23-17-10-11-18-20-21-19(24(18)22-17)13-6-4-3-5-7-13/h3-12H,1-2H3,(H,22,23). The number of sulfonamides is 1. The van der Waals surface area contributed by atoms with E-state index in [0.717, 1.165) is 5.56 Å². The average Bonchev–Trinajstić information content (AvgIpc) is 3.17. The van der Waals surface area contributed by atoms with E-state index in [0.29, 0.717) is 17.2 Å². The van der Waals surface area contributed by atoms with Gasteiger partial charge in [0.1, 0.15) is 16.4 Å². The molecule has 2 heterocycles. The lowest BCUT2D eigenvalue weighted by Crippen LogP contribution is -2.16. The molecular weight excluding hydrogens is 394 g/mol. The zero-order valence-electron chi connectivity index (χ0n) is 15.6. The Morgan fingerprint density at radius 1 is 0.931 bits per heavy atom. The first-order valence-electron chi connectivity index (χ1n) is 8.54. The monoisotopic (exact) mass is 411 g/mol. The molecule has 4 aromatic rings. The van der Waals surface area contributed by atoms with Crippen LogP contribution in [0.25, 0.3) is 17.0 Å². The summed E-state index contributed by atoms with van der Waals surface area (Å²) in [5.41, 5.74) is 1.30. The average molecular weight is 411 g/mol. The van der Waals surface area contributed by atoms with Crippen molar-refractivity contribution < 1.29 is 17.9 Å². The Balaban J connectivity index is 1.74. The van der Waals surface area contributed by atoms with E-state index in [1.807, 2.05) is 30.3 Å². The van der Waals surface area contributed by atoms with Gasteiger partial charge < -0.3 is 9.47 Å². The van der Waals surface area contributed by atoms with Crippen molar-refractivity contribution in [3.8, 4) is 22.9 Å². The van der Waals surface area contributed by atoms with Crippen molar-refractivity contribution in [3.05, 3.63) is 60.7 Å². The van der Waals surface area contributed by atoms with Crippen LogP contribution >= 0.6 is 0 Å². The van der Waals surface area contributed by atoms with Crippen molar-refractivity contribution in [3.63, 3.8) is 0 Å². The van der Waals surface area contributed by atoms with Crippen LogP contribution in [-0.4, -0.2) is 42.4 Å². The number of nitrogens with one attached hydrogen (secondary N) is 1. The molecule has 0 saturated heterocycles. The van der Waals surface area contributed by atoms with Crippen LogP contribution in [0.5, 0.6) is 11.5 Å². The van der Waals surface area contributed by atoms with Gasteiger partial charge in [-0.15, -0.1) is 15.3 Å². The molecule has 2 aromatic heterocycles. The summed E-state index contributed by atoms with van der Waals surface area (Å²) in [6, 6.07) is 17.1. The number of ether oxygens (including phenoxy) is 2. The predicted octanol–water partition coefficient (Wildman–Crippen LogP) is 2.61. The van der Waals surface area contributed by atoms with Gasteiger partial charge in [-0.3, -0.25) is 4.72 Å². The van der Waals surface area contributed by atoms with Crippen molar-refractivity contribution in [2.75, 3.05) is 18.9 Å². The number of fused-ring (bicyclic) bond motifs is 1. The zero-order chi connectivity index (χ0) is 20.4. The second-order valence-corrected chi connectivity index (χ2v) is 7.65. The molecule has 10 heteroatoms. The fraction of sp³-hybridized carbons (Fsp3) is 0.105. The minimum atomic E-state index is -3.99. The highest BCUT2D eigenvalue weighted by Crippen LogP contribution is 2.29. The van der Waals surface area contributed by atoms with Crippen molar-refractivity contribution in [2.45, 2.75) is 4.90 Å². The molecular formula is C19H17N5O4S. The van der Waals surface area contributed by atoms with E-state index >= 15 is 0 Å². The minimum absolute atomic E-state index is 0.0618. The van der Waals surface area contributed by atoms with Crippen LogP contribution in [0, 0.1) is 0 Å². The fourth-order valence-corrected chi connectivity index (χ4v) is 3.98. The van der Waals surface area contributed by atoms with E-state index in [4.69, 9.17) is 9.47 Å². The van der Waals surface area contributed by atoms with Crippen LogP contribution in [0.4, 0.5) is 5.82 Å². The lowest BCUT2D eigenvalue weighted by Gasteiger charge is -2.12. The maximum Gasteiger partial charge on any atom is 0.266 e. The molecule has 0 fully saturated rings. The summed E-state index contributed by atoms with van der Waals surface area (Å²) in [5.74, 6) is 1.19. The molecule has 0 radical (unpaired) electrons. The minimum Gasteiger partial charge on any atom is -0.497 e. The number of rotatable bonds is 6. The molecule has 0 atom stereocenters. The largest absolute Gasteiger partial charge is 0.497 e. The van der Waals surface area contributed by atoms with Gasteiger partial charge in [0.2, 0.25) is 0 Å². The number of nitrogens with zero attached hydrogens (tertiary/aromatic N) is 4. The van der Waals surface area contributed by atoms with E-state index in [2.05, 4.69) is 20.0 Å². The highest BCUT2D eigenvalue weighted by Gasteiger charge is 2.22. The van der Waals surface area contributed by atoms with Gasteiger partial charge in [-0.1, -0.05) is 30.3 Å². The summed E-state index contributed by atoms with van der Waals surface area (Å²) < 4.78 is 40.2. The molecule has 148 valence electrons. The summed E-state index contributed by atoms with van der Waals surface area (Å²) >= 11 is 0. The highest BCUT2D eigenvalue weighted by molar-refractivity contribution is 7.92. The van der Waals surface area contributed by atoms with Crippen molar-refractivity contribution in [1.82, 2.24) is 19.8 Å². The normalized spacial score (nSPS) is 11.4. The Morgan fingerprint density at radius 3 is 2.45 bits per heavy atom. The van der Waals surface area contributed by atoms with Crippen molar-refractivity contribution >= 4 is 21.5 Å². The molecule has 0 amide bonds. The third-order valence-corrected chi connectivity index (χ3v) is 5.57. The van der Waals surface area contributed by atoms with Gasteiger partial charge in [-0.25, -0.2) is 8.42 Å². The second kappa shape index (κ2) is 7.40. The predicted molar refractivity (Wildman–Crippen MR) is 107 cm³/mol. The highest BCUT2D eigenvalue weighted by atomic mass is 32.2. The Morgan fingerprint density at radius 2 is 1.72 bits per heavy atom. The van der Waals surface area contributed by atoms with Crippen molar-refractivity contribution in [2.24, 2.45) is 0 Å². The summed E-state index contributed by atoms with van der Waals surface area (Å²) in [6.07, 6.45) is 0. The van der Waals surface area contributed by atoms with E-state index in [-0.39, 0.29) is 16.5 Å². The third-order valence-electron chi connectivity index (χ3n) is 4.19.